The van der Waals surface area contributed by atoms with Gasteiger partial charge in [0.1, 0.15) is 0 Å². The molecule has 1 fully saturated rings. The highest BCUT2D eigenvalue weighted by atomic mass is 16.2. The van der Waals surface area contributed by atoms with Gasteiger partial charge < -0.3 is 10.2 Å². The number of rotatable bonds is 3. The van der Waals surface area contributed by atoms with Crippen molar-refractivity contribution in [2.24, 2.45) is 0 Å². The summed E-state index contributed by atoms with van der Waals surface area (Å²) in [6, 6.07) is 8.18. The molecule has 1 aliphatic heterocycles. The van der Waals surface area contributed by atoms with E-state index >= 15 is 0 Å². The lowest BCUT2D eigenvalue weighted by molar-refractivity contribution is 0.0738. The highest BCUT2D eigenvalue weighted by Gasteiger charge is 2.25. The Morgan fingerprint density at radius 3 is 2.81 bits per heavy atom. The van der Waals surface area contributed by atoms with Crippen LogP contribution >= 0.6 is 0 Å². The maximum absolute atomic E-state index is 12.4. The summed E-state index contributed by atoms with van der Waals surface area (Å²) in [5.74, 6) is -0.0814. The Morgan fingerprint density at radius 2 is 2.14 bits per heavy atom. The van der Waals surface area contributed by atoms with Crippen LogP contribution in [0.5, 0.6) is 0 Å². The van der Waals surface area contributed by atoms with Gasteiger partial charge in [0.2, 0.25) is 0 Å². The molecule has 6 nitrogen and oxygen atoms in total. The topological polar surface area (TPSA) is 63.1 Å². The molecule has 1 N–H and O–H groups in total. The van der Waals surface area contributed by atoms with Gasteiger partial charge in [-0.3, -0.25) is 4.79 Å². The Morgan fingerprint density at radius 1 is 1.38 bits per heavy atom. The number of aryl methyl sites for hydroxylation is 1. The van der Waals surface area contributed by atoms with Gasteiger partial charge >= 0.3 is 0 Å². The fourth-order valence-electron chi connectivity index (χ4n) is 2.50. The SMILES string of the molecule is Cc1ccc(-n2cc(C(=O)N(C)C3CCNC3)nn2)cc1. The molecule has 1 saturated heterocycles. The summed E-state index contributed by atoms with van der Waals surface area (Å²) < 4.78 is 1.63. The van der Waals surface area contributed by atoms with Crippen LogP contribution in [-0.4, -0.2) is 52.0 Å². The summed E-state index contributed by atoms with van der Waals surface area (Å²) in [4.78, 5) is 14.2. The van der Waals surface area contributed by atoms with Gasteiger partial charge in [-0.2, -0.15) is 0 Å². The molecule has 21 heavy (non-hydrogen) atoms. The van der Waals surface area contributed by atoms with Crippen molar-refractivity contribution in [1.82, 2.24) is 25.2 Å². The van der Waals surface area contributed by atoms with Crippen LogP contribution < -0.4 is 5.32 Å². The Labute approximate surface area is 123 Å². The van der Waals surface area contributed by atoms with E-state index in [1.54, 1.807) is 15.8 Å². The molecule has 6 heteroatoms. The molecule has 1 aromatic heterocycles. The third-order valence-electron chi connectivity index (χ3n) is 3.91. The van der Waals surface area contributed by atoms with Crippen LogP contribution in [0, 0.1) is 6.92 Å². The summed E-state index contributed by atoms with van der Waals surface area (Å²) >= 11 is 0. The molecular formula is C15H19N5O. The Balaban J connectivity index is 1.77. The number of nitrogens with one attached hydrogen (secondary N) is 1. The average Bonchev–Trinajstić information content (AvgIpc) is 3.18. The monoisotopic (exact) mass is 285 g/mol. The van der Waals surface area contributed by atoms with Crippen LogP contribution in [0.2, 0.25) is 0 Å². The van der Waals surface area contributed by atoms with E-state index in [1.165, 1.54) is 5.56 Å². The zero-order chi connectivity index (χ0) is 14.8. The van der Waals surface area contributed by atoms with E-state index in [9.17, 15) is 4.79 Å². The first-order valence-corrected chi connectivity index (χ1v) is 7.12. The van der Waals surface area contributed by atoms with Crippen LogP contribution in [-0.2, 0) is 0 Å². The highest BCUT2D eigenvalue weighted by Crippen LogP contribution is 2.12. The van der Waals surface area contributed by atoms with Crippen molar-refractivity contribution in [3.63, 3.8) is 0 Å². The molecule has 0 bridgehead atoms. The summed E-state index contributed by atoms with van der Waals surface area (Å²) in [6.45, 7) is 3.83. The third kappa shape index (κ3) is 2.80. The third-order valence-corrected chi connectivity index (χ3v) is 3.91. The van der Waals surface area contributed by atoms with Gasteiger partial charge in [0, 0.05) is 19.6 Å². The standard InChI is InChI=1S/C15H19N5O/c1-11-3-5-12(6-4-11)20-10-14(17-18-20)15(21)19(2)13-7-8-16-9-13/h3-6,10,13,16H,7-9H2,1-2H3. The minimum absolute atomic E-state index is 0.0814. The number of carbonyl (C=O) groups excluding carboxylic acids is 1. The first kappa shape index (κ1) is 13.8. The molecule has 1 aliphatic rings. The van der Waals surface area contributed by atoms with Crippen LogP contribution in [0.25, 0.3) is 5.69 Å². The van der Waals surface area contributed by atoms with Gasteiger partial charge in [-0.15, -0.1) is 5.10 Å². The second-order valence-corrected chi connectivity index (χ2v) is 5.45. The van der Waals surface area contributed by atoms with E-state index in [0.717, 1.165) is 25.2 Å². The zero-order valence-electron chi connectivity index (χ0n) is 12.3. The molecule has 110 valence electrons. The predicted molar refractivity (Wildman–Crippen MR) is 79.5 cm³/mol. The Hall–Kier alpha value is -2.21. The summed E-state index contributed by atoms with van der Waals surface area (Å²) in [7, 11) is 1.82. The molecule has 1 aromatic carbocycles. The lowest BCUT2D eigenvalue weighted by atomic mass is 10.2. The number of likely N-dealkylation sites (N-methyl/N-ethyl adjacent to an activating group) is 1. The maximum atomic E-state index is 12.4. The van der Waals surface area contributed by atoms with Crippen molar-refractivity contribution in [3.05, 3.63) is 41.7 Å². The Kier molecular flexibility index (Phi) is 3.70. The van der Waals surface area contributed by atoms with E-state index in [-0.39, 0.29) is 11.9 Å². The number of nitrogens with zero attached hydrogens (tertiary/aromatic N) is 4. The van der Waals surface area contributed by atoms with Gasteiger partial charge in [0.15, 0.2) is 5.69 Å². The Bertz CT molecular complexity index is 628. The number of benzene rings is 1. The van der Waals surface area contributed by atoms with Crippen LogP contribution in [0.1, 0.15) is 22.5 Å². The van der Waals surface area contributed by atoms with Crippen molar-refractivity contribution >= 4 is 5.91 Å². The largest absolute Gasteiger partial charge is 0.336 e. The second-order valence-electron chi connectivity index (χ2n) is 5.45. The number of hydrogen-bond donors (Lipinski definition) is 1. The first-order chi connectivity index (χ1) is 10.1. The molecular weight excluding hydrogens is 266 g/mol. The number of amides is 1. The number of carbonyl (C=O) groups is 1. The van der Waals surface area contributed by atoms with Crippen LogP contribution in [0.15, 0.2) is 30.5 Å². The molecule has 1 atom stereocenters. The predicted octanol–water partition coefficient (Wildman–Crippen LogP) is 1.01. The lowest BCUT2D eigenvalue weighted by Gasteiger charge is -2.22. The van der Waals surface area contributed by atoms with Crippen molar-refractivity contribution in [1.29, 1.82) is 0 Å². The van der Waals surface area contributed by atoms with E-state index in [2.05, 4.69) is 15.6 Å². The van der Waals surface area contributed by atoms with Gasteiger partial charge in [0.05, 0.1) is 11.9 Å². The number of aromatic nitrogens is 3. The molecule has 2 aromatic rings. The fraction of sp³-hybridized carbons (Fsp3) is 0.400. The molecule has 0 aliphatic carbocycles. The second kappa shape index (κ2) is 5.65. The molecule has 3 rings (SSSR count). The van der Waals surface area contributed by atoms with Crippen molar-refractivity contribution in [3.8, 4) is 5.69 Å². The highest BCUT2D eigenvalue weighted by molar-refractivity contribution is 5.92. The van der Waals surface area contributed by atoms with Crippen molar-refractivity contribution in [2.45, 2.75) is 19.4 Å². The van der Waals surface area contributed by atoms with E-state index in [4.69, 9.17) is 0 Å². The van der Waals surface area contributed by atoms with E-state index in [1.807, 2.05) is 38.2 Å². The molecule has 0 saturated carbocycles. The summed E-state index contributed by atoms with van der Waals surface area (Å²) in [5, 5.41) is 11.3. The molecule has 1 unspecified atom stereocenters. The maximum Gasteiger partial charge on any atom is 0.276 e. The lowest BCUT2D eigenvalue weighted by Crippen LogP contribution is -2.38. The van der Waals surface area contributed by atoms with Gasteiger partial charge in [0.25, 0.3) is 5.91 Å². The van der Waals surface area contributed by atoms with Crippen LogP contribution in [0.3, 0.4) is 0 Å². The number of hydrogen-bond acceptors (Lipinski definition) is 4. The molecule has 0 radical (unpaired) electrons. The van der Waals surface area contributed by atoms with Crippen molar-refractivity contribution < 1.29 is 4.79 Å². The van der Waals surface area contributed by atoms with E-state index in [0.29, 0.717) is 5.69 Å². The zero-order valence-corrected chi connectivity index (χ0v) is 12.3. The summed E-state index contributed by atoms with van der Waals surface area (Å²) in [6.07, 6.45) is 2.67. The van der Waals surface area contributed by atoms with Gasteiger partial charge in [-0.25, -0.2) is 4.68 Å². The van der Waals surface area contributed by atoms with Crippen molar-refractivity contribution in [2.75, 3.05) is 20.1 Å². The first-order valence-electron chi connectivity index (χ1n) is 7.12. The smallest absolute Gasteiger partial charge is 0.276 e. The van der Waals surface area contributed by atoms with Gasteiger partial charge in [-0.1, -0.05) is 22.9 Å². The average molecular weight is 285 g/mol. The molecule has 2 heterocycles. The van der Waals surface area contributed by atoms with Crippen LogP contribution in [0.4, 0.5) is 0 Å². The minimum atomic E-state index is -0.0814. The summed E-state index contributed by atoms with van der Waals surface area (Å²) in [5.41, 5.74) is 2.46. The minimum Gasteiger partial charge on any atom is -0.336 e. The normalized spacial score (nSPS) is 17.9. The van der Waals surface area contributed by atoms with E-state index < -0.39 is 0 Å². The van der Waals surface area contributed by atoms with Gasteiger partial charge in [-0.05, 0) is 32.0 Å². The fourth-order valence-corrected chi connectivity index (χ4v) is 2.50. The molecule has 0 spiro atoms. The quantitative estimate of drug-likeness (QED) is 0.914. The molecule has 1 amide bonds.